The number of amides is 3. The van der Waals surface area contributed by atoms with Crippen LogP contribution in [0.2, 0.25) is 0 Å². The molecule has 180 valence electrons. The number of urea groups is 1. The van der Waals surface area contributed by atoms with Crippen LogP contribution in [0.15, 0.2) is 65.7 Å². The van der Waals surface area contributed by atoms with Gasteiger partial charge >= 0.3 is 6.03 Å². The molecule has 4 N–H and O–H groups in total. The Morgan fingerprint density at radius 1 is 1.09 bits per heavy atom. The van der Waals surface area contributed by atoms with E-state index in [1.165, 1.54) is 10.5 Å². The average Bonchev–Trinajstić information content (AvgIpc) is 3.06. The summed E-state index contributed by atoms with van der Waals surface area (Å²) in [5.74, 6) is 0.580. The third-order valence-electron chi connectivity index (χ3n) is 7.09. The first-order valence-electron chi connectivity index (χ1n) is 12.2. The molecule has 0 bridgehead atoms. The first-order chi connectivity index (χ1) is 16.4. The van der Waals surface area contributed by atoms with Crippen molar-refractivity contribution >= 4 is 17.9 Å². The molecule has 1 fully saturated rings. The molecule has 3 amide bonds. The zero-order valence-corrected chi connectivity index (χ0v) is 19.9. The molecule has 1 aliphatic heterocycles. The Morgan fingerprint density at radius 2 is 1.76 bits per heavy atom. The molecular weight excluding hydrogens is 426 g/mol. The molecule has 1 heterocycles. The van der Waals surface area contributed by atoms with Gasteiger partial charge in [0.25, 0.3) is 5.91 Å². The highest BCUT2D eigenvalue weighted by molar-refractivity contribution is 6.06. The number of benzene rings is 2. The summed E-state index contributed by atoms with van der Waals surface area (Å²) in [6.45, 7) is 0.500. The van der Waals surface area contributed by atoms with Gasteiger partial charge in [0, 0.05) is 19.6 Å². The number of aryl methyl sites for hydroxylation is 1. The maximum absolute atomic E-state index is 13.3. The van der Waals surface area contributed by atoms with Gasteiger partial charge < -0.3 is 16.4 Å². The number of rotatable bonds is 8. The lowest BCUT2D eigenvalue weighted by Gasteiger charge is -2.34. The Kier molecular flexibility index (Phi) is 7.50. The molecule has 1 aliphatic carbocycles. The summed E-state index contributed by atoms with van der Waals surface area (Å²) < 4.78 is 0. The van der Waals surface area contributed by atoms with Crippen molar-refractivity contribution in [3.63, 3.8) is 0 Å². The van der Waals surface area contributed by atoms with Gasteiger partial charge in [0.1, 0.15) is 5.54 Å². The normalized spacial score (nSPS) is 24.6. The number of likely N-dealkylation sites (N-methyl/N-ethyl adjacent to an activating group) is 1. The number of hydrogen-bond donors (Lipinski definition) is 3. The summed E-state index contributed by atoms with van der Waals surface area (Å²) in [4.78, 5) is 31.9. The van der Waals surface area contributed by atoms with Crippen molar-refractivity contribution in [2.75, 3.05) is 7.05 Å². The van der Waals surface area contributed by atoms with E-state index in [0.29, 0.717) is 31.3 Å². The molecule has 1 saturated carbocycles. The fourth-order valence-corrected chi connectivity index (χ4v) is 5.25. The molecule has 4 rings (SSSR count). The number of nitrogens with zero attached hydrogens (tertiary/aromatic N) is 2. The van der Waals surface area contributed by atoms with Crippen molar-refractivity contribution in [2.45, 2.75) is 63.1 Å². The number of aliphatic imine (C=N–C) groups is 1. The minimum atomic E-state index is -0.823. The zero-order valence-electron chi connectivity index (χ0n) is 19.9. The number of nitrogens with one attached hydrogen (secondary N) is 2. The summed E-state index contributed by atoms with van der Waals surface area (Å²) in [5, 5.41) is 6.09. The molecule has 0 radical (unpaired) electrons. The van der Waals surface area contributed by atoms with Crippen LogP contribution < -0.4 is 16.4 Å². The van der Waals surface area contributed by atoms with E-state index in [2.05, 4.69) is 22.8 Å². The number of guanidine groups is 1. The van der Waals surface area contributed by atoms with Gasteiger partial charge in [-0.15, -0.1) is 0 Å². The van der Waals surface area contributed by atoms with E-state index >= 15 is 0 Å². The molecule has 2 aromatic carbocycles. The predicted octanol–water partition coefficient (Wildman–Crippen LogP) is 3.59. The average molecular weight is 462 g/mol. The van der Waals surface area contributed by atoms with Gasteiger partial charge in [0.15, 0.2) is 5.96 Å². The highest BCUT2D eigenvalue weighted by atomic mass is 16.2. The summed E-state index contributed by atoms with van der Waals surface area (Å²) >= 11 is 0. The van der Waals surface area contributed by atoms with Gasteiger partial charge in [0.2, 0.25) is 0 Å². The Labute approximate surface area is 201 Å². The molecule has 7 nitrogen and oxygen atoms in total. The van der Waals surface area contributed by atoms with E-state index in [4.69, 9.17) is 10.7 Å². The number of hydrogen-bond acceptors (Lipinski definition) is 4. The first-order valence-corrected chi connectivity index (χ1v) is 12.2. The van der Waals surface area contributed by atoms with Crippen LogP contribution in [0.25, 0.3) is 0 Å². The minimum absolute atomic E-state index is 0.0170. The van der Waals surface area contributed by atoms with Crippen molar-refractivity contribution in [3.8, 4) is 0 Å². The Balaban J connectivity index is 1.36. The number of nitrogens with two attached hydrogens (primary N) is 1. The van der Waals surface area contributed by atoms with Gasteiger partial charge in [0.05, 0.1) is 0 Å². The van der Waals surface area contributed by atoms with Crippen LogP contribution in [0.5, 0.6) is 0 Å². The van der Waals surface area contributed by atoms with E-state index in [1.807, 2.05) is 48.5 Å². The SMILES string of the molecule is CN1C(=O)[C@@](CCc2ccccc2)(C[C@H]2CCC[C@@H](NC(=O)NCc3ccccc3)C2)N=C1N. The number of carbonyl (C=O) groups is 2. The lowest BCUT2D eigenvalue weighted by molar-refractivity contribution is -0.131. The maximum atomic E-state index is 13.3. The molecule has 2 aromatic rings. The van der Waals surface area contributed by atoms with Crippen LogP contribution in [0.3, 0.4) is 0 Å². The lowest BCUT2D eigenvalue weighted by Crippen LogP contribution is -2.46. The lowest BCUT2D eigenvalue weighted by atomic mass is 9.75. The van der Waals surface area contributed by atoms with E-state index < -0.39 is 5.54 Å². The van der Waals surface area contributed by atoms with Crippen LogP contribution in [0.1, 0.15) is 49.7 Å². The molecule has 0 unspecified atom stereocenters. The smallest absolute Gasteiger partial charge is 0.315 e. The molecule has 3 atom stereocenters. The van der Waals surface area contributed by atoms with Crippen molar-refractivity contribution in [1.82, 2.24) is 15.5 Å². The third-order valence-corrected chi connectivity index (χ3v) is 7.09. The largest absolute Gasteiger partial charge is 0.369 e. The van der Waals surface area contributed by atoms with Crippen LogP contribution >= 0.6 is 0 Å². The Morgan fingerprint density at radius 3 is 2.41 bits per heavy atom. The van der Waals surface area contributed by atoms with Crippen molar-refractivity contribution in [2.24, 2.45) is 16.6 Å². The zero-order chi connectivity index (χ0) is 24.0. The Hall–Kier alpha value is -3.35. The van der Waals surface area contributed by atoms with Crippen molar-refractivity contribution < 1.29 is 9.59 Å². The van der Waals surface area contributed by atoms with E-state index in [-0.39, 0.29) is 18.0 Å². The van der Waals surface area contributed by atoms with Crippen LogP contribution in [-0.4, -0.2) is 41.4 Å². The van der Waals surface area contributed by atoms with Gasteiger partial charge in [-0.1, -0.05) is 73.5 Å². The monoisotopic (exact) mass is 461 g/mol. The molecule has 34 heavy (non-hydrogen) atoms. The third kappa shape index (κ3) is 5.76. The second-order valence-corrected chi connectivity index (χ2v) is 9.60. The first kappa shape index (κ1) is 23.8. The topological polar surface area (TPSA) is 99.8 Å². The summed E-state index contributed by atoms with van der Waals surface area (Å²) in [5.41, 5.74) is 7.52. The van der Waals surface area contributed by atoms with Crippen LogP contribution in [-0.2, 0) is 17.8 Å². The standard InChI is InChI=1S/C27H35N5O2/c1-32-24(33)27(31-25(32)28,16-15-20-9-4-2-5-10-20)18-22-13-8-14-23(17-22)30-26(34)29-19-21-11-6-3-7-12-21/h2-7,9-12,22-23H,8,13-19H2,1H3,(H2,28,31)(H2,29,30,34)/t22-,23+,27+/m0/s1. The van der Waals surface area contributed by atoms with Crippen molar-refractivity contribution in [1.29, 1.82) is 0 Å². The minimum Gasteiger partial charge on any atom is -0.369 e. The highest BCUT2D eigenvalue weighted by Crippen LogP contribution is 2.38. The molecule has 0 aromatic heterocycles. The van der Waals surface area contributed by atoms with Crippen LogP contribution in [0, 0.1) is 5.92 Å². The van der Waals surface area contributed by atoms with E-state index in [1.54, 1.807) is 7.05 Å². The quantitative estimate of drug-likeness (QED) is 0.560. The summed E-state index contributed by atoms with van der Waals surface area (Å²) in [6, 6.07) is 20.0. The van der Waals surface area contributed by atoms with Gasteiger partial charge in [-0.25, -0.2) is 9.79 Å². The fraction of sp³-hybridized carbons (Fsp3) is 0.444. The maximum Gasteiger partial charge on any atom is 0.315 e. The molecule has 0 saturated heterocycles. The van der Waals surface area contributed by atoms with Gasteiger partial charge in [-0.3, -0.25) is 9.69 Å². The van der Waals surface area contributed by atoms with Gasteiger partial charge in [-0.2, -0.15) is 0 Å². The van der Waals surface area contributed by atoms with E-state index in [0.717, 1.165) is 37.7 Å². The molecule has 7 heteroatoms. The van der Waals surface area contributed by atoms with Gasteiger partial charge in [-0.05, 0) is 49.1 Å². The molecular formula is C27H35N5O2. The highest BCUT2D eigenvalue weighted by Gasteiger charge is 2.47. The summed E-state index contributed by atoms with van der Waals surface area (Å²) in [6.07, 6.45) is 5.91. The summed E-state index contributed by atoms with van der Waals surface area (Å²) in [7, 11) is 1.70. The second kappa shape index (κ2) is 10.7. The fourth-order valence-electron chi connectivity index (χ4n) is 5.25. The van der Waals surface area contributed by atoms with Crippen molar-refractivity contribution in [3.05, 3.63) is 71.8 Å². The Bertz CT molecular complexity index is 1010. The van der Waals surface area contributed by atoms with Crippen LogP contribution in [0.4, 0.5) is 4.79 Å². The predicted molar refractivity (Wildman–Crippen MR) is 134 cm³/mol. The molecule has 0 spiro atoms. The second-order valence-electron chi connectivity index (χ2n) is 9.60. The number of carbonyl (C=O) groups excluding carboxylic acids is 2. The molecule has 2 aliphatic rings. The van der Waals surface area contributed by atoms with E-state index in [9.17, 15) is 9.59 Å².